The molecule has 0 bridgehead atoms. The number of hydrogen-bond donors (Lipinski definition) is 3. The maximum atomic E-state index is 12.8. The van der Waals surface area contributed by atoms with E-state index in [-0.39, 0.29) is 32.0 Å². The minimum atomic E-state index is -3.18. The van der Waals surface area contributed by atoms with Gasteiger partial charge in [-0.25, -0.2) is 22.7 Å². The summed E-state index contributed by atoms with van der Waals surface area (Å²) in [6.07, 6.45) is 7.25. The number of nitrogens with one attached hydrogen (secondary N) is 2. The van der Waals surface area contributed by atoms with E-state index in [1.807, 2.05) is 6.07 Å². The molecule has 4 heterocycles. The maximum absolute atomic E-state index is 12.8. The first-order valence-corrected chi connectivity index (χ1v) is 15.6. The second-order valence-corrected chi connectivity index (χ2v) is 12.5. The van der Waals surface area contributed by atoms with Gasteiger partial charge >= 0.3 is 0 Å². The van der Waals surface area contributed by atoms with Gasteiger partial charge in [0.05, 0.1) is 18.6 Å². The molecular formula is C28H38N6O6S2. The van der Waals surface area contributed by atoms with Crippen LogP contribution < -0.4 is 15.4 Å². The highest BCUT2D eigenvalue weighted by Crippen LogP contribution is 2.25. The van der Waals surface area contributed by atoms with Gasteiger partial charge in [-0.1, -0.05) is 6.07 Å². The number of carbonyl (C=O) groups excluding carboxylic acids is 1. The lowest BCUT2D eigenvalue weighted by Crippen LogP contribution is -2.42. The van der Waals surface area contributed by atoms with Crippen molar-refractivity contribution in [1.82, 2.24) is 24.5 Å². The van der Waals surface area contributed by atoms with Crippen LogP contribution in [-0.2, 0) is 29.6 Å². The number of rotatable bonds is 11. The molecule has 14 heteroatoms. The van der Waals surface area contributed by atoms with Crippen LogP contribution in [0.5, 0.6) is 5.75 Å². The number of nitrogens with zero attached hydrogens (tertiary/aromatic N) is 4. The third-order valence-electron chi connectivity index (χ3n) is 7.40. The largest absolute Gasteiger partial charge is 0.486 e. The molecule has 0 unspecified atom stereocenters. The molecule has 42 heavy (non-hydrogen) atoms. The Morgan fingerprint density at radius 1 is 1.19 bits per heavy atom. The predicted molar refractivity (Wildman–Crippen MR) is 162 cm³/mol. The number of sulfonamides is 1. The monoisotopic (exact) mass is 618 g/mol. The number of β-amino-alcohol motifs (C(OH)–C–C–N with tert-alkyl or cyclic N) is 1. The second-order valence-electron chi connectivity index (χ2n) is 10.5. The van der Waals surface area contributed by atoms with Gasteiger partial charge in [-0.05, 0) is 54.7 Å². The highest BCUT2D eigenvalue weighted by Gasteiger charge is 2.25. The lowest BCUT2D eigenvalue weighted by Gasteiger charge is -2.31. The molecule has 2 aliphatic heterocycles. The van der Waals surface area contributed by atoms with Gasteiger partial charge in [0.25, 0.3) is 5.91 Å². The quantitative estimate of drug-likeness (QED) is 0.290. The summed E-state index contributed by atoms with van der Waals surface area (Å²) in [4.78, 5) is 23.2. The highest BCUT2D eigenvalue weighted by atomic mass is 32.2. The first kappa shape index (κ1) is 31.8. The Hall–Kier alpha value is -3.17. The number of aromatic nitrogens is 2. The molecule has 5 rings (SSSR count). The number of aliphatic hydroxyl groups excluding tert-OH is 1. The van der Waals surface area contributed by atoms with E-state index in [2.05, 4.69) is 37.6 Å². The molecule has 1 fully saturated rings. The molecule has 228 valence electrons. The van der Waals surface area contributed by atoms with Gasteiger partial charge in [0, 0.05) is 57.1 Å². The van der Waals surface area contributed by atoms with E-state index in [0.29, 0.717) is 62.8 Å². The minimum absolute atomic E-state index is 0. The summed E-state index contributed by atoms with van der Waals surface area (Å²) < 4.78 is 35.9. The van der Waals surface area contributed by atoms with Crippen molar-refractivity contribution in [2.24, 2.45) is 0 Å². The standard InChI is InChI=1S/C28H36N6O6S.H2S/c1-41(37,38)34-10-6-23(7-11-34)32-27-13-21(4-8-30-27)28(36)31-14-24(35)17-33-9-5-20-12-25(3-2-22(20)16-33)39-18-26-15-29-19-40-26;/h2-4,8,12-13,15,19,23-24,35H,5-7,9-11,14,16-18H2,1H3,(H,30,32)(H,31,36);1H2/t24-;/m0./s1. The Bertz CT molecular complexity index is 1430. The van der Waals surface area contributed by atoms with Crippen LogP contribution in [0.3, 0.4) is 0 Å². The van der Waals surface area contributed by atoms with Crippen molar-refractivity contribution in [1.29, 1.82) is 0 Å². The van der Waals surface area contributed by atoms with Crippen LogP contribution >= 0.6 is 13.5 Å². The van der Waals surface area contributed by atoms with Crippen LogP contribution in [0.2, 0.25) is 0 Å². The zero-order valence-electron chi connectivity index (χ0n) is 23.5. The van der Waals surface area contributed by atoms with Crippen molar-refractivity contribution < 1.29 is 27.5 Å². The molecule has 1 saturated heterocycles. The van der Waals surface area contributed by atoms with Gasteiger partial charge in [-0.2, -0.15) is 13.5 Å². The van der Waals surface area contributed by atoms with Crippen LogP contribution in [0.1, 0.15) is 40.1 Å². The average Bonchev–Trinajstić information content (AvgIpc) is 3.49. The topological polar surface area (TPSA) is 150 Å². The van der Waals surface area contributed by atoms with E-state index in [1.165, 1.54) is 28.1 Å². The van der Waals surface area contributed by atoms with E-state index in [0.717, 1.165) is 18.7 Å². The number of hydrogen-bond acceptors (Lipinski definition) is 10. The summed E-state index contributed by atoms with van der Waals surface area (Å²) in [6.45, 7) is 3.32. The highest BCUT2D eigenvalue weighted by molar-refractivity contribution is 7.88. The molecule has 3 N–H and O–H groups in total. The lowest BCUT2D eigenvalue weighted by molar-refractivity contribution is 0.0841. The summed E-state index contributed by atoms with van der Waals surface area (Å²) in [5.74, 6) is 1.72. The summed E-state index contributed by atoms with van der Waals surface area (Å²) in [5.41, 5.74) is 2.86. The van der Waals surface area contributed by atoms with Crippen LogP contribution in [0.4, 0.5) is 5.82 Å². The molecule has 3 aromatic rings. The van der Waals surface area contributed by atoms with E-state index in [9.17, 15) is 18.3 Å². The minimum Gasteiger partial charge on any atom is -0.486 e. The number of pyridine rings is 1. The van der Waals surface area contributed by atoms with Crippen molar-refractivity contribution in [3.63, 3.8) is 0 Å². The second kappa shape index (κ2) is 14.3. The van der Waals surface area contributed by atoms with Crippen LogP contribution in [-0.4, -0.2) is 89.7 Å². The fourth-order valence-corrected chi connectivity index (χ4v) is 6.04. The van der Waals surface area contributed by atoms with Crippen LogP contribution in [0.15, 0.2) is 53.5 Å². The SMILES string of the molecule is CS(=O)(=O)N1CCC(Nc2cc(C(=O)NC[C@H](O)CN3CCc4cc(OCc5cnco5)ccc4C3)ccn2)CC1.S. The zero-order valence-corrected chi connectivity index (χ0v) is 25.3. The summed E-state index contributed by atoms with van der Waals surface area (Å²) in [5, 5.41) is 16.8. The number of benzene rings is 1. The summed E-state index contributed by atoms with van der Waals surface area (Å²) in [7, 11) is -3.18. The zero-order chi connectivity index (χ0) is 28.8. The van der Waals surface area contributed by atoms with Crippen LogP contribution in [0, 0.1) is 0 Å². The third-order valence-corrected chi connectivity index (χ3v) is 8.70. The van der Waals surface area contributed by atoms with Crippen LogP contribution in [0.25, 0.3) is 0 Å². The smallest absolute Gasteiger partial charge is 0.251 e. The van der Waals surface area contributed by atoms with Crippen molar-refractivity contribution >= 4 is 35.2 Å². The maximum Gasteiger partial charge on any atom is 0.251 e. The fourth-order valence-electron chi connectivity index (χ4n) is 5.17. The fraction of sp³-hybridized carbons (Fsp3) is 0.464. The number of anilines is 1. The molecule has 0 spiro atoms. The number of amides is 1. The number of ether oxygens (including phenoxy) is 1. The van der Waals surface area contributed by atoms with E-state index in [1.54, 1.807) is 24.5 Å². The molecule has 1 atom stereocenters. The number of carbonyl (C=O) groups is 1. The number of piperidine rings is 1. The van der Waals surface area contributed by atoms with Crippen molar-refractivity contribution in [3.05, 3.63) is 71.6 Å². The Kier molecular flexibility index (Phi) is 10.8. The van der Waals surface area contributed by atoms with Crippen molar-refractivity contribution in [3.8, 4) is 5.75 Å². The van der Waals surface area contributed by atoms with Gasteiger partial charge < -0.3 is 24.9 Å². The molecule has 0 aliphatic carbocycles. The van der Waals surface area contributed by atoms with Crippen molar-refractivity contribution in [2.75, 3.05) is 44.3 Å². The first-order chi connectivity index (χ1) is 19.7. The molecule has 1 amide bonds. The average molecular weight is 619 g/mol. The molecule has 2 aromatic heterocycles. The number of aliphatic hydroxyl groups is 1. The Labute approximate surface area is 253 Å². The van der Waals surface area contributed by atoms with E-state index >= 15 is 0 Å². The van der Waals surface area contributed by atoms with Gasteiger partial charge in [0.1, 0.15) is 18.2 Å². The lowest BCUT2D eigenvalue weighted by atomic mass is 9.99. The van der Waals surface area contributed by atoms with Gasteiger partial charge in [0.15, 0.2) is 12.2 Å². The van der Waals surface area contributed by atoms with Gasteiger partial charge in [0.2, 0.25) is 10.0 Å². The molecule has 0 saturated carbocycles. The van der Waals surface area contributed by atoms with Gasteiger partial charge in [-0.15, -0.1) is 0 Å². The summed E-state index contributed by atoms with van der Waals surface area (Å²) >= 11 is 0. The first-order valence-electron chi connectivity index (χ1n) is 13.7. The molecule has 12 nitrogen and oxygen atoms in total. The van der Waals surface area contributed by atoms with Crippen molar-refractivity contribution in [2.45, 2.75) is 44.6 Å². The van der Waals surface area contributed by atoms with E-state index < -0.39 is 16.1 Å². The molecular weight excluding hydrogens is 580 g/mol. The van der Waals surface area contributed by atoms with E-state index in [4.69, 9.17) is 9.15 Å². The third kappa shape index (κ3) is 8.67. The molecule has 0 radical (unpaired) electrons. The Balaban J connectivity index is 0.00000405. The Morgan fingerprint density at radius 3 is 2.74 bits per heavy atom. The normalized spacial score (nSPS) is 17.1. The summed E-state index contributed by atoms with van der Waals surface area (Å²) in [6, 6.07) is 9.42. The van der Waals surface area contributed by atoms with Gasteiger partial charge in [-0.3, -0.25) is 9.69 Å². The molecule has 1 aromatic carbocycles. The molecule has 2 aliphatic rings. The predicted octanol–water partition coefficient (Wildman–Crippen LogP) is 1.75. The Morgan fingerprint density at radius 2 is 2.00 bits per heavy atom. The number of oxazole rings is 1. The number of fused-ring (bicyclic) bond motifs is 1.